The summed E-state index contributed by atoms with van der Waals surface area (Å²) in [4.78, 5) is 11.8. The molecule has 1 saturated carbocycles. The maximum Gasteiger partial charge on any atom is 0.407 e. The van der Waals surface area contributed by atoms with Crippen molar-refractivity contribution in [1.29, 1.82) is 0 Å². The lowest BCUT2D eigenvalue weighted by Crippen LogP contribution is -2.47. The smallest absolute Gasteiger partial charge is 0.407 e. The van der Waals surface area contributed by atoms with Crippen molar-refractivity contribution < 1.29 is 9.53 Å². The third kappa shape index (κ3) is 3.35. The highest BCUT2D eigenvalue weighted by Gasteiger charge is 2.45. The first-order chi connectivity index (χ1) is 9.23. The number of rotatable bonds is 4. The molecule has 4 unspecified atom stereocenters. The first-order valence-corrected chi connectivity index (χ1v) is 7.59. The van der Waals surface area contributed by atoms with Crippen LogP contribution in [0.3, 0.4) is 0 Å². The number of carbonyl (C=O) groups excluding carboxylic acids is 1. The van der Waals surface area contributed by atoms with E-state index >= 15 is 0 Å². The van der Waals surface area contributed by atoms with E-state index in [9.17, 15) is 4.79 Å². The van der Waals surface area contributed by atoms with Gasteiger partial charge in [0.25, 0.3) is 0 Å². The maximum atomic E-state index is 11.8. The molecule has 0 spiro atoms. The Bertz CT molecular complexity index is 400. The molecule has 0 aliphatic heterocycles. The van der Waals surface area contributed by atoms with Gasteiger partial charge in [-0.25, -0.2) is 4.79 Å². The van der Waals surface area contributed by atoms with Crippen LogP contribution in [-0.2, 0) is 4.74 Å². The van der Waals surface area contributed by atoms with Gasteiger partial charge in [-0.2, -0.15) is 0 Å². The number of nitrogens with two attached hydrogens (primary N) is 1. The van der Waals surface area contributed by atoms with Crippen LogP contribution in [0.15, 0.2) is 12.2 Å². The summed E-state index contributed by atoms with van der Waals surface area (Å²) in [6, 6.07) is 0. The first-order valence-electron chi connectivity index (χ1n) is 7.59. The van der Waals surface area contributed by atoms with Crippen LogP contribution in [0, 0.1) is 23.2 Å². The first kappa shape index (κ1) is 15.4. The standard InChI is InChI=1S/C16H28N2O2/c1-15(2,3)20-14(19)18-10-16(4,9-17)13-8-11-5-6-12(13)7-11/h5-6,11-13H,7-10,17H2,1-4H3,(H,18,19). The number of allylic oxidation sites excluding steroid dienone is 2. The summed E-state index contributed by atoms with van der Waals surface area (Å²) in [5.74, 6) is 1.92. The van der Waals surface area contributed by atoms with E-state index < -0.39 is 5.60 Å². The molecule has 0 radical (unpaired) electrons. The number of carbonyl (C=O) groups is 1. The molecule has 4 atom stereocenters. The van der Waals surface area contributed by atoms with Gasteiger partial charge in [0.1, 0.15) is 5.60 Å². The molecule has 0 aromatic carbocycles. The van der Waals surface area contributed by atoms with Crippen molar-refractivity contribution in [3.05, 3.63) is 12.2 Å². The quantitative estimate of drug-likeness (QED) is 0.778. The largest absolute Gasteiger partial charge is 0.444 e. The molecule has 2 aliphatic rings. The lowest BCUT2D eigenvalue weighted by atomic mass is 9.70. The minimum Gasteiger partial charge on any atom is -0.444 e. The summed E-state index contributed by atoms with van der Waals surface area (Å²) in [5, 5.41) is 2.90. The average Bonchev–Trinajstić information content (AvgIpc) is 2.96. The van der Waals surface area contributed by atoms with E-state index in [1.807, 2.05) is 20.8 Å². The monoisotopic (exact) mass is 280 g/mol. The van der Waals surface area contributed by atoms with Crippen LogP contribution < -0.4 is 11.1 Å². The maximum absolute atomic E-state index is 11.8. The Kier molecular flexibility index (Phi) is 4.14. The Balaban J connectivity index is 1.91. The van der Waals surface area contributed by atoms with E-state index in [2.05, 4.69) is 24.4 Å². The zero-order chi connectivity index (χ0) is 15.0. The molecule has 2 aliphatic carbocycles. The minimum atomic E-state index is -0.460. The number of amides is 1. The second kappa shape index (κ2) is 5.40. The summed E-state index contributed by atoms with van der Waals surface area (Å²) in [6.07, 6.45) is 6.77. The molecule has 20 heavy (non-hydrogen) atoms. The Morgan fingerprint density at radius 1 is 1.30 bits per heavy atom. The molecule has 2 rings (SSSR count). The highest BCUT2D eigenvalue weighted by molar-refractivity contribution is 5.67. The lowest BCUT2D eigenvalue weighted by Gasteiger charge is -2.38. The lowest BCUT2D eigenvalue weighted by molar-refractivity contribution is 0.0476. The number of hydrogen-bond donors (Lipinski definition) is 2. The van der Waals surface area contributed by atoms with E-state index in [1.54, 1.807) is 0 Å². The molecule has 4 nitrogen and oxygen atoms in total. The summed E-state index contributed by atoms with van der Waals surface area (Å²) >= 11 is 0. The second-order valence-corrected chi connectivity index (χ2v) is 7.60. The van der Waals surface area contributed by atoms with Gasteiger partial charge >= 0.3 is 6.09 Å². The molecule has 0 heterocycles. The summed E-state index contributed by atoms with van der Waals surface area (Å²) in [7, 11) is 0. The summed E-state index contributed by atoms with van der Waals surface area (Å²) in [6.45, 7) is 8.97. The Morgan fingerprint density at radius 3 is 2.45 bits per heavy atom. The van der Waals surface area contributed by atoms with Gasteiger partial charge in [-0.15, -0.1) is 0 Å². The molecule has 3 N–H and O–H groups in total. The third-order valence-corrected chi connectivity index (χ3v) is 4.68. The zero-order valence-corrected chi connectivity index (χ0v) is 13.1. The fraction of sp³-hybridized carbons (Fsp3) is 0.812. The van der Waals surface area contributed by atoms with Gasteiger partial charge in [0.2, 0.25) is 0 Å². The molecule has 114 valence electrons. The molecule has 4 heteroatoms. The van der Waals surface area contributed by atoms with Crippen molar-refractivity contribution in [2.45, 2.75) is 46.1 Å². The van der Waals surface area contributed by atoms with Crippen molar-refractivity contribution in [3.63, 3.8) is 0 Å². The van der Waals surface area contributed by atoms with Crippen LogP contribution in [0.5, 0.6) is 0 Å². The van der Waals surface area contributed by atoms with Crippen molar-refractivity contribution in [1.82, 2.24) is 5.32 Å². The van der Waals surface area contributed by atoms with Crippen molar-refractivity contribution in [3.8, 4) is 0 Å². The summed E-state index contributed by atoms with van der Waals surface area (Å²) < 4.78 is 5.30. The van der Waals surface area contributed by atoms with Crippen molar-refractivity contribution in [2.24, 2.45) is 28.9 Å². The van der Waals surface area contributed by atoms with Crippen LogP contribution in [-0.4, -0.2) is 24.8 Å². The van der Waals surface area contributed by atoms with E-state index in [0.717, 1.165) is 5.92 Å². The van der Waals surface area contributed by atoms with Crippen LogP contribution in [0.1, 0.15) is 40.5 Å². The van der Waals surface area contributed by atoms with Crippen LogP contribution >= 0.6 is 0 Å². The topological polar surface area (TPSA) is 64.3 Å². The molecular formula is C16H28N2O2. The summed E-state index contributed by atoms with van der Waals surface area (Å²) in [5.41, 5.74) is 5.50. The number of ether oxygens (including phenoxy) is 1. The third-order valence-electron chi connectivity index (χ3n) is 4.68. The number of fused-ring (bicyclic) bond motifs is 2. The fourth-order valence-electron chi connectivity index (χ4n) is 3.52. The molecular weight excluding hydrogens is 252 g/mol. The highest BCUT2D eigenvalue weighted by Crippen LogP contribution is 2.50. The molecule has 1 amide bonds. The average molecular weight is 280 g/mol. The Labute approximate surface area is 122 Å². The van der Waals surface area contributed by atoms with E-state index in [4.69, 9.17) is 10.5 Å². The second-order valence-electron chi connectivity index (χ2n) is 7.60. The van der Waals surface area contributed by atoms with Crippen molar-refractivity contribution >= 4 is 6.09 Å². The van der Waals surface area contributed by atoms with Gasteiger partial charge in [-0.05, 0) is 57.9 Å². The Hall–Kier alpha value is -1.03. The zero-order valence-electron chi connectivity index (χ0n) is 13.1. The van der Waals surface area contributed by atoms with Crippen LogP contribution in [0.2, 0.25) is 0 Å². The van der Waals surface area contributed by atoms with Gasteiger partial charge in [0, 0.05) is 12.0 Å². The van der Waals surface area contributed by atoms with Crippen LogP contribution in [0.4, 0.5) is 4.79 Å². The van der Waals surface area contributed by atoms with Crippen LogP contribution in [0.25, 0.3) is 0 Å². The van der Waals surface area contributed by atoms with Gasteiger partial charge in [-0.3, -0.25) is 0 Å². The number of hydrogen-bond acceptors (Lipinski definition) is 3. The van der Waals surface area contributed by atoms with Crippen molar-refractivity contribution in [2.75, 3.05) is 13.1 Å². The molecule has 0 saturated heterocycles. The minimum absolute atomic E-state index is 0.0545. The Morgan fingerprint density at radius 2 is 2.00 bits per heavy atom. The van der Waals surface area contributed by atoms with Gasteiger partial charge in [0.15, 0.2) is 0 Å². The number of alkyl carbamates (subject to hydrolysis) is 1. The molecule has 0 aromatic heterocycles. The van der Waals surface area contributed by atoms with Gasteiger partial charge < -0.3 is 15.8 Å². The highest BCUT2D eigenvalue weighted by atomic mass is 16.6. The molecule has 1 fully saturated rings. The normalized spacial score (nSPS) is 31.1. The fourth-order valence-corrected chi connectivity index (χ4v) is 3.52. The van der Waals surface area contributed by atoms with Gasteiger partial charge in [0.05, 0.1) is 0 Å². The SMILES string of the molecule is CC(C)(C)OC(=O)NCC(C)(CN)C1CC2C=CC1C2. The molecule has 0 aromatic rings. The van der Waals surface area contributed by atoms with Gasteiger partial charge in [-0.1, -0.05) is 19.1 Å². The van der Waals surface area contributed by atoms with E-state index in [0.29, 0.717) is 24.9 Å². The number of nitrogens with one attached hydrogen (secondary N) is 1. The predicted octanol–water partition coefficient (Wildman–Crippen LogP) is 2.69. The predicted molar refractivity (Wildman–Crippen MR) is 80.2 cm³/mol. The van der Waals surface area contributed by atoms with E-state index in [-0.39, 0.29) is 11.5 Å². The molecule has 2 bridgehead atoms. The van der Waals surface area contributed by atoms with E-state index in [1.165, 1.54) is 12.8 Å².